The van der Waals surface area contributed by atoms with Gasteiger partial charge in [0.1, 0.15) is 5.82 Å². The van der Waals surface area contributed by atoms with Gasteiger partial charge in [-0.05, 0) is 79.2 Å². The minimum atomic E-state index is -4.66. The van der Waals surface area contributed by atoms with Gasteiger partial charge >= 0.3 is 6.18 Å². The van der Waals surface area contributed by atoms with E-state index in [1.807, 2.05) is 0 Å². The fraction of sp³-hybridized carbons (Fsp3) is 0.115. The van der Waals surface area contributed by atoms with Gasteiger partial charge in [0.2, 0.25) is 0 Å². The molecule has 10 heteroatoms. The lowest BCUT2D eigenvalue weighted by molar-refractivity contribution is -0.137. The van der Waals surface area contributed by atoms with Gasteiger partial charge in [-0.2, -0.15) is 13.2 Å². The summed E-state index contributed by atoms with van der Waals surface area (Å²) in [5.74, 6) is -1.12. The summed E-state index contributed by atoms with van der Waals surface area (Å²) in [6.45, 7) is 1.52. The van der Waals surface area contributed by atoms with Gasteiger partial charge in [-0.1, -0.05) is 12.1 Å². The van der Waals surface area contributed by atoms with Crippen LogP contribution < -0.4 is 5.32 Å². The van der Waals surface area contributed by atoms with Crippen molar-refractivity contribution in [2.24, 2.45) is 0 Å². The van der Waals surface area contributed by atoms with Crippen LogP contribution in [-0.4, -0.2) is 25.1 Å². The number of alkyl halides is 3. The molecule has 1 heterocycles. The molecule has 36 heavy (non-hydrogen) atoms. The molecule has 0 aliphatic carbocycles. The van der Waals surface area contributed by atoms with Crippen LogP contribution in [0.3, 0.4) is 0 Å². The van der Waals surface area contributed by atoms with Crippen LogP contribution in [0.4, 0.5) is 23.2 Å². The number of halogens is 4. The Morgan fingerprint density at radius 2 is 1.53 bits per heavy atom. The number of rotatable bonds is 5. The maximum absolute atomic E-state index is 13.8. The molecular weight excluding hydrogens is 496 g/mol. The number of amides is 1. The zero-order valence-corrected chi connectivity index (χ0v) is 19.9. The van der Waals surface area contributed by atoms with Crippen molar-refractivity contribution in [1.82, 2.24) is 4.57 Å². The number of sulfone groups is 1. The highest BCUT2D eigenvalue weighted by molar-refractivity contribution is 7.90. The van der Waals surface area contributed by atoms with E-state index in [2.05, 4.69) is 5.32 Å². The molecule has 186 valence electrons. The molecule has 1 aromatic heterocycles. The van der Waals surface area contributed by atoms with Crippen LogP contribution in [0, 0.1) is 12.7 Å². The van der Waals surface area contributed by atoms with Crippen molar-refractivity contribution < 1.29 is 30.8 Å². The van der Waals surface area contributed by atoms with Crippen molar-refractivity contribution in [3.05, 3.63) is 102 Å². The Labute approximate surface area is 204 Å². The van der Waals surface area contributed by atoms with E-state index in [-0.39, 0.29) is 27.5 Å². The third-order valence-corrected chi connectivity index (χ3v) is 6.75. The number of nitrogens with one attached hydrogen (secondary N) is 1. The van der Waals surface area contributed by atoms with Crippen LogP contribution in [0.25, 0.3) is 16.9 Å². The van der Waals surface area contributed by atoms with E-state index in [1.54, 1.807) is 0 Å². The number of aromatic nitrogens is 1. The summed E-state index contributed by atoms with van der Waals surface area (Å²) < 4.78 is 79.7. The fourth-order valence-corrected chi connectivity index (χ4v) is 4.50. The zero-order valence-electron chi connectivity index (χ0n) is 19.1. The highest BCUT2D eigenvalue weighted by Crippen LogP contribution is 2.38. The molecule has 0 aliphatic heterocycles. The van der Waals surface area contributed by atoms with E-state index < -0.39 is 33.3 Å². The van der Waals surface area contributed by atoms with Crippen LogP contribution in [0.2, 0.25) is 0 Å². The fourth-order valence-electron chi connectivity index (χ4n) is 3.87. The molecule has 0 spiro atoms. The molecule has 5 nitrogen and oxygen atoms in total. The van der Waals surface area contributed by atoms with Gasteiger partial charge < -0.3 is 9.88 Å². The number of benzene rings is 3. The number of carbonyl (C=O) groups is 1. The molecular formula is C26H20F4N2O3S. The first kappa shape index (κ1) is 25.2. The third kappa shape index (κ3) is 5.03. The van der Waals surface area contributed by atoms with Crippen LogP contribution >= 0.6 is 0 Å². The monoisotopic (exact) mass is 516 g/mol. The summed E-state index contributed by atoms with van der Waals surface area (Å²) in [7, 11) is -3.42. The maximum Gasteiger partial charge on any atom is 0.418 e. The molecule has 0 radical (unpaired) electrons. The van der Waals surface area contributed by atoms with Gasteiger partial charge in [-0.3, -0.25) is 4.79 Å². The normalized spacial score (nSPS) is 11.9. The van der Waals surface area contributed by atoms with Gasteiger partial charge in [0.25, 0.3) is 5.91 Å². The van der Waals surface area contributed by atoms with Crippen molar-refractivity contribution >= 4 is 21.4 Å². The average molecular weight is 517 g/mol. The molecule has 1 amide bonds. The Kier molecular flexibility index (Phi) is 6.48. The highest BCUT2D eigenvalue weighted by Gasteiger charge is 2.35. The molecule has 0 atom stereocenters. The first-order valence-electron chi connectivity index (χ1n) is 10.6. The summed E-state index contributed by atoms with van der Waals surface area (Å²) in [5, 5.41) is 2.65. The highest BCUT2D eigenvalue weighted by atomic mass is 32.2. The lowest BCUT2D eigenvalue weighted by atomic mass is 10.1. The van der Waals surface area contributed by atoms with Crippen molar-refractivity contribution in [2.75, 3.05) is 11.6 Å². The second kappa shape index (κ2) is 9.27. The summed E-state index contributed by atoms with van der Waals surface area (Å²) in [6, 6.07) is 17.1. The Hall–Kier alpha value is -3.92. The lowest BCUT2D eigenvalue weighted by Gasteiger charge is -2.18. The Morgan fingerprint density at radius 1 is 0.917 bits per heavy atom. The van der Waals surface area contributed by atoms with Crippen LogP contribution in [0.5, 0.6) is 0 Å². The standard InChI is InChI=1S/C26H20F4N2O3S/c1-16-21(25(33)31-19-11-13-20(14-12-19)36(2,34)35)15-24(17-7-9-18(27)10-8-17)32(16)23-6-4-3-5-22(23)26(28,29)30/h3-15H,1-2H3,(H,31,33). The van der Waals surface area contributed by atoms with Crippen LogP contribution in [-0.2, 0) is 16.0 Å². The van der Waals surface area contributed by atoms with Gasteiger partial charge in [-0.25, -0.2) is 12.8 Å². The second-order valence-corrected chi connectivity index (χ2v) is 10.2. The third-order valence-electron chi connectivity index (χ3n) is 5.62. The molecule has 1 N–H and O–H groups in total. The Bertz CT molecular complexity index is 1540. The number of carbonyl (C=O) groups excluding carboxylic acids is 1. The van der Waals surface area contributed by atoms with Gasteiger partial charge in [0, 0.05) is 17.6 Å². The SMILES string of the molecule is Cc1c(C(=O)Nc2ccc(S(C)(=O)=O)cc2)cc(-c2ccc(F)cc2)n1-c1ccccc1C(F)(F)F. The number of hydrogen-bond acceptors (Lipinski definition) is 3. The molecule has 0 fully saturated rings. The summed E-state index contributed by atoms with van der Waals surface area (Å²) in [4.78, 5) is 13.2. The summed E-state index contributed by atoms with van der Waals surface area (Å²) in [6.07, 6.45) is -3.60. The van der Waals surface area contributed by atoms with Crippen molar-refractivity contribution in [1.29, 1.82) is 0 Å². The van der Waals surface area contributed by atoms with E-state index in [1.165, 1.54) is 84.3 Å². The van der Waals surface area contributed by atoms with Gasteiger partial charge in [-0.15, -0.1) is 0 Å². The number of anilines is 1. The molecule has 4 aromatic rings. The Balaban J connectivity index is 1.83. The van der Waals surface area contributed by atoms with E-state index in [4.69, 9.17) is 0 Å². The molecule has 0 saturated heterocycles. The van der Waals surface area contributed by atoms with E-state index in [0.717, 1.165) is 12.3 Å². The molecule has 0 unspecified atom stereocenters. The summed E-state index contributed by atoms with van der Waals surface area (Å²) in [5.41, 5.74) is 0.233. The van der Waals surface area contributed by atoms with Crippen LogP contribution in [0.15, 0.2) is 83.8 Å². The van der Waals surface area contributed by atoms with E-state index >= 15 is 0 Å². The van der Waals surface area contributed by atoms with Gasteiger partial charge in [0.15, 0.2) is 9.84 Å². The minimum absolute atomic E-state index is 0.0742. The lowest BCUT2D eigenvalue weighted by Crippen LogP contribution is -2.15. The molecule has 4 rings (SSSR count). The smallest absolute Gasteiger partial charge is 0.322 e. The number of para-hydroxylation sites is 1. The van der Waals surface area contributed by atoms with Crippen LogP contribution in [0.1, 0.15) is 21.6 Å². The molecule has 0 aliphatic rings. The number of hydrogen-bond donors (Lipinski definition) is 1. The molecule has 0 saturated carbocycles. The average Bonchev–Trinajstić information content (AvgIpc) is 3.16. The second-order valence-electron chi connectivity index (χ2n) is 8.14. The maximum atomic E-state index is 13.8. The van der Waals surface area contributed by atoms with Crippen molar-refractivity contribution in [3.63, 3.8) is 0 Å². The van der Waals surface area contributed by atoms with Crippen molar-refractivity contribution in [2.45, 2.75) is 18.0 Å². The minimum Gasteiger partial charge on any atom is -0.322 e. The first-order valence-corrected chi connectivity index (χ1v) is 12.5. The predicted molar refractivity (Wildman–Crippen MR) is 128 cm³/mol. The molecule has 0 bridgehead atoms. The summed E-state index contributed by atoms with van der Waals surface area (Å²) >= 11 is 0. The van der Waals surface area contributed by atoms with Crippen molar-refractivity contribution in [3.8, 4) is 16.9 Å². The number of nitrogens with zero attached hydrogens (tertiary/aromatic N) is 1. The zero-order chi connectivity index (χ0) is 26.3. The topological polar surface area (TPSA) is 68.2 Å². The largest absolute Gasteiger partial charge is 0.418 e. The Morgan fingerprint density at radius 3 is 2.11 bits per heavy atom. The quantitative estimate of drug-likeness (QED) is 0.318. The molecule has 3 aromatic carbocycles. The predicted octanol–water partition coefficient (Wildman–Crippen LogP) is 6.27. The van der Waals surface area contributed by atoms with Gasteiger partial charge in [0.05, 0.1) is 27.4 Å². The first-order chi connectivity index (χ1) is 16.9. The van der Waals surface area contributed by atoms with E-state index in [0.29, 0.717) is 11.3 Å². The van der Waals surface area contributed by atoms with E-state index in [9.17, 15) is 30.8 Å².